The normalized spacial score (nSPS) is 13.7. The zero-order valence-corrected chi connectivity index (χ0v) is 8.09. The molecule has 2 nitrogen and oxygen atoms in total. The van der Waals surface area contributed by atoms with E-state index in [1.54, 1.807) is 7.11 Å². The lowest BCUT2D eigenvalue weighted by Crippen LogP contribution is -1.91. The van der Waals surface area contributed by atoms with Crippen molar-refractivity contribution >= 4 is 0 Å². The number of hydrogen-bond donors (Lipinski definition) is 0. The van der Waals surface area contributed by atoms with Crippen LogP contribution in [0.1, 0.15) is 18.1 Å². The highest BCUT2D eigenvalue weighted by molar-refractivity contribution is 5.51. The molecular weight excluding hydrogens is 164 g/mol. The maximum atomic E-state index is 5.49. The van der Waals surface area contributed by atoms with Crippen LogP contribution in [0.4, 0.5) is 0 Å². The molecular formula is C11H14O2. The van der Waals surface area contributed by atoms with Gasteiger partial charge in [0.2, 0.25) is 0 Å². The summed E-state index contributed by atoms with van der Waals surface area (Å²) < 4.78 is 10.8. The summed E-state index contributed by atoms with van der Waals surface area (Å²) >= 11 is 0. The van der Waals surface area contributed by atoms with Gasteiger partial charge in [0.25, 0.3) is 0 Å². The molecule has 70 valence electrons. The maximum absolute atomic E-state index is 5.49. The summed E-state index contributed by atoms with van der Waals surface area (Å²) in [5.41, 5.74) is 2.61. The van der Waals surface area contributed by atoms with Crippen molar-refractivity contribution in [3.63, 3.8) is 0 Å². The maximum Gasteiger partial charge on any atom is 0.164 e. The van der Waals surface area contributed by atoms with Crippen LogP contribution in [-0.2, 0) is 12.8 Å². The van der Waals surface area contributed by atoms with Crippen molar-refractivity contribution in [2.45, 2.75) is 19.8 Å². The second kappa shape index (κ2) is 3.29. The first kappa shape index (κ1) is 8.42. The van der Waals surface area contributed by atoms with Gasteiger partial charge in [-0.05, 0) is 18.1 Å². The van der Waals surface area contributed by atoms with E-state index in [1.807, 2.05) is 0 Å². The highest BCUT2D eigenvalue weighted by atomic mass is 16.5. The zero-order chi connectivity index (χ0) is 9.26. The van der Waals surface area contributed by atoms with Crippen LogP contribution in [0.2, 0.25) is 0 Å². The van der Waals surface area contributed by atoms with Crippen LogP contribution in [0.3, 0.4) is 0 Å². The summed E-state index contributed by atoms with van der Waals surface area (Å²) in [5.74, 6) is 1.83. The largest absolute Gasteiger partial charge is 0.493 e. The average Bonchev–Trinajstić information content (AvgIpc) is 2.63. The van der Waals surface area contributed by atoms with E-state index >= 15 is 0 Å². The Morgan fingerprint density at radius 1 is 1.46 bits per heavy atom. The minimum Gasteiger partial charge on any atom is -0.493 e. The molecule has 0 saturated heterocycles. The fourth-order valence-electron chi connectivity index (χ4n) is 1.69. The number of ether oxygens (including phenoxy) is 2. The molecule has 0 radical (unpaired) electrons. The van der Waals surface area contributed by atoms with Crippen LogP contribution < -0.4 is 9.47 Å². The third-order valence-electron chi connectivity index (χ3n) is 2.44. The number of fused-ring (bicyclic) bond motifs is 1. The van der Waals surface area contributed by atoms with Crippen LogP contribution in [-0.4, -0.2) is 13.7 Å². The van der Waals surface area contributed by atoms with Gasteiger partial charge in [-0.25, -0.2) is 0 Å². The second-order valence-electron chi connectivity index (χ2n) is 3.24. The Kier molecular flexibility index (Phi) is 2.13. The molecule has 1 aliphatic heterocycles. The molecule has 0 fully saturated rings. The summed E-state index contributed by atoms with van der Waals surface area (Å²) in [7, 11) is 1.69. The van der Waals surface area contributed by atoms with Gasteiger partial charge in [-0.15, -0.1) is 0 Å². The highest BCUT2D eigenvalue weighted by Crippen LogP contribution is 2.36. The van der Waals surface area contributed by atoms with E-state index in [4.69, 9.17) is 9.47 Å². The van der Waals surface area contributed by atoms with Crippen LogP contribution in [0, 0.1) is 0 Å². The van der Waals surface area contributed by atoms with Gasteiger partial charge in [-0.3, -0.25) is 0 Å². The van der Waals surface area contributed by atoms with Crippen LogP contribution in [0.25, 0.3) is 0 Å². The Balaban J connectivity index is 2.49. The molecule has 0 aromatic heterocycles. The van der Waals surface area contributed by atoms with E-state index in [9.17, 15) is 0 Å². The molecule has 0 saturated carbocycles. The van der Waals surface area contributed by atoms with Gasteiger partial charge in [-0.1, -0.05) is 13.0 Å². The van der Waals surface area contributed by atoms with Crippen LogP contribution >= 0.6 is 0 Å². The number of hydrogen-bond acceptors (Lipinski definition) is 2. The fourth-order valence-corrected chi connectivity index (χ4v) is 1.69. The van der Waals surface area contributed by atoms with Crippen molar-refractivity contribution in [2.24, 2.45) is 0 Å². The summed E-state index contributed by atoms with van der Waals surface area (Å²) in [5, 5.41) is 0. The van der Waals surface area contributed by atoms with E-state index in [2.05, 4.69) is 19.1 Å². The Labute approximate surface area is 78.5 Å². The molecule has 1 heterocycles. The molecule has 2 rings (SSSR count). The van der Waals surface area contributed by atoms with E-state index in [-0.39, 0.29) is 0 Å². The van der Waals surface area contributed by atoms with Crippen molar-refractivity contribution in [3.05, 3.63) is 23.3 Å². The summed E-state index contributed by atoms with van der Waals surface area (Å²) in [6.45, 7) is 2.94. The van der Waals surface area contributed by atoms with Gasteiger partial charge in [0, 0.05) is 12.0 Å². The van der Waals surface area contributed by atoms with E-state index in [0.717, 1.165) is 30.9 Å². The Morgan fingerprint density at radius 3 is 3.00 bits per heavy atom. The van der Waals surface area contributed by atoms with Crippen LogP contribution in [0.5, 0.6) is 11.5 Å². The monoisotopic (exact) mass is 178 g/mol. The van der Waals surface area contributed by atoms with Gasteiger partial charge in [-0.2, -0.15) is 0 Å². The fraction of sp³-hybridized carbons (Fsp3) is 0.455. The summed E-state index contributed by atoms with van der Waals surface area (Å²) in [4.78, 5) is 0. The Morgan fingerprint density at radius 2 is 2.31 bits per heavy atom. The second-order valence-corrected chi connectivity index (χ2v) is 3.24. The quantitative estimate of drug-likeness (QED) is 0.691. The number of methoxy groups -OCH3 is 1. The van der Waals surface area contributed by atoms with Crippen molar-refractivity contribution in [1.82, 2.24) is 0 Å². The molecule has 1 aromatic rings. The van der Waals surface area contributed by atoms with E-state index in [1.165, 1.54) is 11.1 Å². The summed E-state index contributed by atoms with van der Waals surface area (Å²) in [6.07, 6.45) is 2.06. The van der Waals surface area contributed by atoms with Crippen LogP contribution in [0.15, 0.2) is 12.1 Å². The molecule has 0 N–H and O–H groups in total. The van der Waals surface area contributed by atoms with E-state index in [0.29, 0.717) is 0 Å². The molecule has 0 atom stereocenters. The lowest BCUT2D eigenvalue weighted by Gasteiger charge is -2.08. The molecule has 0 aliphatic carbocycles. The highest BCUT2D eigenvalue weighted by Gasteiger charge is 2.17. The van der Waals surface area contributed by atoms with Crippen molar-refractivity contribution in [2.75, 3.05) is 13.7 Å². The standard InChI is InChI=1S/C11H14O2/c1-3-8-6-9-4-5-13-11(9)10(7-8)12-2/h6-7H,3-5H2,1-2H3. The molecule has 1 aliphatic rings. The Hall–Kier alpha value is -1.18. The number of benzene rings is 1. The molecule has 13 heavy (non-hydrogen) atoms. The topological polar surface area (TPSA) is 18.5 Å². The average molecular weight is 178 g/mol. The molecule has 1 aromatic carbocycles. The van der Waals surface area contributed by atoms with Gasteiger partial charge in [0.15, 0.2) is 11.5 Å². The third-order valence-corrected chi connectivity index (χ3v) is 2.44. The van der Waals surface area contributed by atoms with E-state index < -0.39 is 0 Å². The van der Waals surface area contributed by atoms with Crippen molar-refractivity contribution in [3.8, 4) is 11.5 Å². The smallest absolute Gasteiger partial charge is 0.164 e. The first-order valence-electron chi connectivity index (χ1n) is 4.67. The lowest BCUT2D eigenvalue weighted by atomic mass is 10.1. The van der Waals surface area contributed by atoms with Crippen molar-refractivity contribution in [1.29, 1.82) is 0 Å². The van der Waals surface area contributed by atoms with Gasteiger partial charge >= 0.3 is 0 Å². The number of aryl methyl sites for hydroxylation is 1. The minimum absolute atomic E-state index is 0.791. The predicted octanol–water partition coefficient (Wildman–Crippen LogP) is 2.19. The summed E-state index contributed by atoms with van der Waals surface area (Å²) in [6, 6.07) is 4.27. The van der Waals surface area contributed by atoms with Gasteiger partial charge in [0.1, 0.15) is 0 Å². The lowest BCUT2D eigenvalue weighted by molar-refractivity contribution is 0.326. The molecule has 0 bridgehead atoms. The van der Waals surface area contributed by atoms with Gasteiger partial charge < -0.3 is 9.47 Å². The molecule has 0 amide bonds. The molecule has 0 unspecified atom stereocenters. The zero-order valence-electron chi connectivity index (χ0n) is 8.09. The SMILES string of the molecule is CCc1cc2c(c(OC)c1)OCC2. The molecule has 0 spiro atoms. The third kappa shape index (κ3) is 1.37. The van der Waals surface area contributed by atoms with Gasteiger partial charge in [0.05, 0.1) is 13.7 Å². The minimum atomic E-state index is 0.791. The number of rotatable bonds is 2. The molecule has 2 heteroatoms. The van der Waals surface area contributed by atoms with Crippen molar-refractivity contribution < 1.29 is 9.47 Å². The first-order valence-corrected chi connectivity index (χ1v) is 4.67. The predicted molar refractivity (Wildman–Crippen MR) is 51.6 cm³/mol. The Bertz CT molecular complexity index is 318. The first-order chi connectivity index (χ1) is 6.35.